The summed E-state index contributed by atoms with van der Waals surface area (Å²) in [5.74, 6) is 0.247. The molecule has 0 radical (unpaired) electrons. The largest absolute Gasteiger partial charge is 0.378 e. The van der Waals surface area contributed by atoms with Gasteiger partial charge in [-0.15, -0.1) is 0 Å². The SMILES string of the molecule is CN(Cc1ccc(N2CCCC2=O)cc1)C1COC1. The molecule has 0 N–H and O–H groups in total. The number of likely N-dealkylation sites (N-methyl/N-ethyl adjacent to an activating group) is 1. The third kappa shape index (κ3) is 2.65. The van der Waals surface area contributed by atoms with Crippen LogP contribution in [0.2, 0.25) is 0 Å². The lowest BCUT2D eigenvalue weighted by Crippen LogP contribution is -2.46. The number of hydrogen-bond donors (Lipinski definition) is 0. The van der Waals surface area contributed by atoms with Gasteiger partial charge in [0.05, 0.1) is 19.3 Å². The zero-order valence-corrected chi connectivity index (χ0v) is 11.3. The minimum Gasteiger partial charge on any atom is -0.378 e. The fourth-order valence-corrected chi connectivity index (χ4v) is 2.60. The molecule has 0 saturated carbocycles. The monoisotopic (exact) mass is 260 g/mol. The van der Waals surface area contributed by atoms with Crippen molar-refractivity contribution in [3.63, 3.8) is 0 Å². The molecule has 102 valence electrons. The first-order valence-corrected chi connectivity index (χ1v) is 6.91. The Morgan fingerprint density at radius 2 is 2.05 bits per heavy atom. The number of hydrogen-bond acceptors (Lipinski definition) is 3. The Morgan fingerprint density at radius 1 is 1.32 bits per heavy atom. The summed E-state index contributed by atoms with van der Waals surface area (Å²) in [4.78, 5) is 15.9. The zero-order chi connectivity index (χ0) is 13.2. The standard InChI is InChI=1S/C15H20N2O2/c1-16(14-10-19-11-14)9-12-4-6-13(7-5-12)17-8-2-3-15(17)18/h4-7,14H,2-3,8-11H2,1H3. The molecular formula is C15H20N2O2. The molecule has 2 aliphatic heterocycles. The molecule has 4 heteroatoms. The van der Waals surface area contributed by atoms with Gasteiger partial charge >= 0.3 is 0 Å². The molecule has 0 spiro atoms. The highest BCUT2D eigenvalue weighted by Gasteiger charge is 2.23. The number of ether oxygens (including phenoxy) is 1. The average Bonchev–Trinajstić information content (AvgIpc) is 2.74. The van der Waals surface area contributed by atoms with Crippen molar-refractivity contribution in [1.29, 1.82) is 0 Å². The van der Waals surface area contributed by atoms with Crippen molar-refractivity contribution in [2.75, 3.05) is 31.7 Å². The molecule has 0 aliphatic carbocycles. The molecule has 1 aromatic rings. The van der Waals surface area contributed by atoms with E-state index in [1.807, 2.05) is 4.90 Å². The molecule has 2 fully saturated rings. The third-order valence-electron chi connectivity index (χ3n) is 4.00. The fourth-order valence-electron chi connectivity index (χ4n) is 2.60. The molecule has 0 unspecified atom stereocenters. The van der Waals surface area contributed by atoms with Gasteiger partial charge in [-0.05, 0) is 31.2 Å². The summed E-state index contributed by atoms with van der Waals surface area (Å²) in [6.45, 7) is 3.48. The van der Waals surface area contributed by atoms with Crippen LogP contribution in [0.4, 0.5) is 5.69 Å². The summed E-state index contributed by atoms with van der Waals surface area (Å²) in [7, 11) is 2.13. The first-order chi connectivity index (χ1) is 9.24. The van der Waals surface area contributed by atoms with E-state index in [0.29, 0.717) is 12.5 Å². The van der Waals surface area contributed by atoms with Gasteiger partial charge in [0.25, 0.3) is 0 Å². The van der Waals surface area contributed by atoms with Crippen LogP contribution < -0.4 is 4.90 Å². The summed E-state index contributed by atoms with van der Waals surface area (Å²) in [6, 6.07) is 8.92. The molecule has 2 heterocycles. The van der Waals surface area contributed by atoms with Gasteiger partial charge in [0.2, 0.25) is 5.91 Å². The van der Waals surface area contributed by atoms with Crippen LogP contribution in [0.25, 0.3) is 0 Å². The molecular weight excluding hydrogens is 240 g/mol. The average molecular weight is 260 g/mol. The van der Waals surface area contributed by atoms with Gasteiger partial charge in [-0.3, -0.25) is 9.69 Å². The van der Waals surface area contributed by atoms with Gasteiger partial charge in [0, 0.05) is 25.2 Å². The number of amides is 1. The summed E-state index contributed by atoms with van der Waals surface area (Å²) in [5, 5.41) is 0. The maximum atomic E-state index is 11.7. The van der Waals surface area contributed by atoms with Crippen molar-refractivity contribution in [1.82, 2.24) is 4.90 Å². The molecule has 0 bridgehead atoms. The van der Waals surface area contributed by atoms with Crippen molar-refractivity contribution in [3.8, 4) is 0 Å². The van der Waals surface area contributed by atoms with Gasteiger partial charge in [-0.1, -0.05) is 12.1 Å². The lowest BCUT2D eigenvalue weighted by atomic mass is 10.1. The van der Waals surface area contributed by atoms with E-state index in [-0.39, 0.29) is 5.91 Å². The molecule has 4 nitrogen and oxygen atoms in total. The highest BCUT2D eigenvalue weighted by atomic mass is 16.5. The Bertz CT molecular complexity index is 454. The smallest absolute Gasteiger partial charge is 0.227 e. The van der Waals surface area contributed by atoms with E-state index in [4.69, 9.17) is 4.74 Å². The van der Waals surface area contributed by atoms with Gasteiger partial charge in [-0.25, -0.2) is 0 Å². The summed E-state index contributed by atoms with van der Waals surface area (Å²) < 4.78 is 5.21. The van der Waals surface area contributed by atoms with Crippen molar-refractivity contribution < 1.29 is 9.53 Å². The van der Waals surface area contributed by atoms with E-state index in [9.17, 15) is 4.79 Å². The second-order valence-electron chi connectivity index (χ2n) is 5.42. The molecule has 1 aromatic carbocycles. The van der Waals surface area contributed by atoms with Gasteiger partial charge in [-0.2, -0.15) is 0 Å². The van der Waals surface area contributed by atoms with Gasteiger partial charge in [0.15, 0.2) is 0 Å². The van der Waals surface area contributed by atoms with Gasteiger partial charge < -0.3 is 9.64 Å². The molecule has 2 aliphatic rings. The number of rotatable bonds is 4. The minimum absolute atomic E-state index is 0.247. The van der Waals surface area contributed by atoms with Crippen LogP contribution in [0, 0.1) is 0 Å². The second-order valence-corrected chi connectivity index (χ2v) is 5.42. The van der Waals surface area contributed by atoms with E-state index < -0.39 is 0 Å². The lowest BCUT2D eigenvalue weighted by Gasteiger charge is -2.34. The van der Waals surface area contributed by atoms with Crippen LogP contribution in [0.1, 0.15) is 18.4 Å². The lowest BCUT2D eigenvalue weighted by molar-refractivity contribution is -0.117. The molecule has 0 atom stereocenters. The number of nitrogens with zero attached hydrogens (tertiary/aromatic N) is 2. The quantitative estimate of drug-likeness (QED) is 0.825. The first-order valence-electron chi connectivity index (χ1n) is 6.91. The van der Waals surface area contributed by atoms with Crippen LogP contribution in [0.5, 0.6) is 0 Å². The predicted molar refractivity (Wildman–Crippen MR) is 74.1 cm³/mol. The summed E-state index contributed by atoms with van der Waals surface area (Å²) in [6.07, 6.45) is 1.66. The van der Waals surface area contributed by atoms with Crippen molar-refractivity contribution >= 4 is 11.6 Å². The number of benzene rings is 1. The Labute approximate surface area is 113 Å². The van der Waals surface area contributed by atoms with Crippen LogP contribution in [0.15, 0.2) is 24.3 Å². The molecule has 19 heavy (non-hydrogen) atoms. The maximum Gasteiger partial charge on any atom is 0.227 e. The maximum absolute atomic E-state index is 11.7. The first kappa shape index (κ1) is 12.6. The highest BCUT2D eigenvalue weighted by Crippen LogP contribution is 2.22. The van der Waals surface area contributed by atoms with Crippen molar-refractivity contribution in [2.24, 2.45) is 0 Å². The summed E-state index contributed by atoms with van der Waals surface area (Å²) in [5.41, 5.74) is 2.31. The number of anilines is 1. The number of carbonyl (C=O) groups is 1. The summed E-state index contributed by atoms with van der Waals surface area (Å²) >= 11 is 0. The minimum atomic E-state index is 0.247. The molecule has 1 amide bonds. The third-order valence-corrected chi connectivity index (χ3v) is 4.00. The van der Waals surface area contributed by atoms with E-state index in [0.717, 1.165) is 38.4 Å². The van der Waals surface area contributed by atoms with Gasteiger partial charge in [0.1, 0.15) is 0 Å². The normalized spacial score (nSPS) is 20.1. The van der Waals surface area contributed by atoms with Crippen LogP contribution in [0.3, 0.4) is 0 Å². The highest BCUT2D eigenvalue weighted by molar-refractivity contribution is 5.95. The molecule has 0 aromatic heterocycles. The Hall–Kier alpha value is -1.39. The zero-order valence-electron chi connectivity index (χ0n) is 11.3. The van der Waals surface area contributed by atoms with Crippen LogP contribution >= 0.6 is 0 Å². The fraction of sp³-hybridized carbons (Fsp3) is 0.533. The Morgan fingerprint density at radius 3 is 2.58 bits per heavy atom. The van der Waals surface area contributed by atoms with Crippen molar-refractivity contribution in [2.45, 2.75) is 25.4 Å². The Kier molecular flexibility index (Phi) is 3.53. The predicted octanol–water partition coefficient (Wildman–Crippen LogP) is 1.64. The van der Waals surface area contributed by atoms with Crippen molar-refractivity contribution in [3.05, 3.63) is 29.8 Å². The van der Waals surface area contributed by atoms with E-state index in [1.165, 1.54) is 5.56 Å². The molecule has 3 rings (SSSR count). The number of carbonyl (C=O) groups excluding carboxylic acids is 1. The van der Waals surface area contributed by atoms with Crippen LogP contribution in [-0.4, -0.2) is 43.7 Å². The second kappa shape index (κ2) is 5.31. The van der Waals surface area contributed by atoms with Crippen LogP contribution in [-0.2, 0) is 16.1 Å². The molecule has 2 saturated heterocycles. The topological polar surface area (TPSA) is 32.8 Å². The van der Waals surface area contributed by atoms with E-state index >= 15 is 0 Å². The Balaban J connectivity index is 1.63. The van der Waals surface area contributed by atoms with E-state index in [2.05, 4.69) is 36.2 Å². The van der Waals surface area contributed by atoms with E-state index in [1.54, 1.807) is 0 Å².